The molecule has 1 aliphatic rings. The monoisotopic (exact) mass is 226 g/mol. The number of rotatable bonds is 4. The molecule has 0 bridgehead atoms. The van der Waals surface area contributed by atoms with Crippen molar-refractivity contribution in [1.82, 2.24) is 10.2 Å². The molecule has 0 radical (unpaired) electrons. The van der Waals surface area contributed by atoms with E-state index in [4.69, 9.17) is 0 Å². The van der Waals surface area contributed by atoms with Crippen LogP contribution >= 0.6 is 0 Å². The molecule has 2 heteroatoms. The second-order valence-corrected chi connectivity index (χ2v) is 6.52. The smallest absolute Gasteiger partial charge is 0.0125 e. The van der Waals surface area contributed by atoms with E-state index in [-0.39, 0.29) is 0 Å². The Balaban J connectivity index is 2.28. The molecule has 0 amide bonds. The van der Waals surface area contributed by atoms with Gasteiger partial charge in [-0.25, -0.2) is 0 Å². The Morgan fingerprint density at radius 2 is 1.81 bits per heavy atom. The zero-order chi connectivity index (χ0) is 12.2. The Kier molecular flexibility index (Phi) is 5.26. The first-order valence-electron chi connectivity index (χ1n) is 6.83. The van der Waals surface area contributed by atoms with Gasteiger partial charge in [0.2, 0.25) is 0 Å². The van der Waals surface area contributed by atoms with Crippen LogP contribution in [0.3, 0.4) is 0 Å². The zero-order valence-electron chi connectivity index (χ0n) is 11.8. The van der Waals surface area contributed by atoms with Gasteiger partial charge in [-0.15, -0.1) is 0 Å². The third-order valence-corrected chi connectivity index (χ3v) is 4.00. The molecule has 0 aromatic heterocycles. The van der Waals surface area contributed by atoms with E-state index in [9.17, 15) is 0 Å². The minimum atomic E-state index is 0.373. The van der Waals surface area contributed by atoms with E-state index >= 15 is 0 Å². The van der Waals surface area contributed by atoms with E-state index in [1.165, 1.54) is 38.9 Å². The van der Waals surface area contributed by atoms with Crippen molar-refractivity contribution in [3.63, 3.8) is 0 Å². The lowest BCUT2D eigenvalue weighted by Gasteiger charge is -2.35. The Labute approximate surface area is 102 Å². The van der Waals surface area contributed by atoms with E-state index in [2.05, 4.69) is 45.0 Å². The van der Waals surface area contributed by atoms with Gasteiger partial charge in [-0.05, 0) is 57.3 Å². The van der Waals surface area contributed by atoms with Crippen LogP contribution in [0.2, 0.25) is 0 Å². The summed E-state index contributed by atoms with van der Waals surface area (Å²) in [4.78, 5) is 2.64. The van der Waals surface area contributed by atoms with Crippen molar-refractivity contribution >= 4 is 0 Å². The molecule has 0 aromatic rings. The molecule has 1 atom stereocenters. The van der Waals surface area contributed by atoms with Crippen molar-refractivity contribution in [2.45, 2.75) is 53.0 Å². The first-order valence-corrected chi connectivity index (χ1v) is 6.83. The number of likely N-dealkylation sites (tertiary alicyclic amines) is 1. The maximum Gasteiger partial charge on any atom is 0.0125 e. The summed E-state index contributed by atoms with van der Waals surface area (Å²) >= 11 is 0. The lowest BCUT2D eigenvalue weighted by Crippen LogP contribution is -2.42. The van der Waals surface area contributed by atoms with Gasteiger partial charge in [0.25, 0.3) is 0 Å². The summed E-state index contributed by atoms with van der Waals surface area (Å²) in [5.41, 5.74) is 0.373. The van der Waals surface area contributed by atoms with Crippen LogP contribution < -0.4 is 5.32 Å². The zero-order valence-corrected chi connectivity index (χ0v) is 11.8. The molecule has 1 rings (SSSR count). The number of hydrogen-bond donors (Lipinski definition) is 1. The highest BCUT2D eigenvalue weighted by Gasteiger charge is 2.24. The van der Waals surface area contributed by atoms with Crippen LogP contribution in [0.4, 0.5) is 0 Å². The van der Waals surface area contributed by atoms with Crippen LogP contribution in [-0.4, -0.2) is 37.6 Å². The van der Waals surface area contributed by atoms with Crippen LogP contribution in [0, 0.1) is 11.3 Å². The summed E-state index contributed by atoms with van der Waals surface area (Å²) in [6.07, 6.45) is 4.05. The fourth-order valence-corrected chi connectivity index (χ4v) is 2.61. The Morgan fingerprint density at radius 3 is 2.25 bits per heavy atom. The van der Waals surface area contributed by atoms with Crippen LogP contribution in [-0.2, 0) is 0 Å². The maximum absolute atomic E-state index is 3.46. The fraction of sp³-hybridized carbons (Fsp3) is 1.00. The molecule has 1 aliphatic heterocycles. The molecular weight excluding hydrogens is 196 g/mol. The Bertz CT molecular complexity index is 187. The third-order valence-electron chi connectivity index (χ3n) is 4.00. The van der Waals surface area contributed by atoms with Gasteiger partial charge in [-0.3, -0.25) is 0 Å². The SMILES string of the molecule is CNC(CCN1CCC(C)CC1)C(C)(C)C. The minimum Gasteiger partial charge on any atom is -0.316 e. The largest absolute Gasteiger partial charge is 0.316 e. The minimum absolute atomic E-state index is 0.373. The van der Waals surface area contributed by atoms with Crippen LogP contribution in [0.15, 0.2) is 0 Å². The standard InChI is InChI=1S/C14H30N2/c1-12-6-9-16(10-7-12)11-8-13(15-5)14(2,3)4/h12-13,15H,6-11H2,1-5H3. The molecule has 1 unspecified atom stereocenters. The van der Waals surface area contributed by atoms with E-state index in [0.717, 1.165) is 5.92 Å². The maximum atomic E-state index is 3.46. The summed E-state index contributed by atoms with van der Waals surface area (Å²) in [6, 6.07) is 0.631. The lowest BCUT2D eigenvalue weighted by molar-refractivity contribution is 0.166. The Hall–Kier alpha value is -0.0800. The lowest BCUT2D eigenvalue weighted by atomic mass is 9.84. The van der Waals surface area contributed by atoms with Crippen molar-refractivity contribution in [3.8, 4) is 0 Å². The van der Waals surface area contributed by atoms with Crippen LogP contribution in [0.5, 0.6) is 0 Å². The normalized spacial score (nSPS) is 22.3. The predicted molar refractivity (Wildman–Crippen MR) is 71.8 cm³/mol. The molecule has 0 aromatic carbocycles. The highest BCUT2D eigenvalue weighted by Crippen LogP contribution is 2.23. The van der Waals surface area contributed by atoms with Gasteiger partial charge in [0.1, 0.15) is 0 Å². The van der Waals surface area contributed by atoms with Crippen molar-refractivity contribution in [2.75, 3.05) is 26.7 Å². The average Bonchev–Trinajstić information content (AvgIpc) is 2.19. The van der Waals surface area contributed by atoms with Crippen molar-refractivity contribution in [1.29, 1.82) is 0 Å². The summed E-state index contributed by atoms with van der Waals surface area (Å²) in [5, 5.41) is 3.46. The van der Waals surface area contributed by atoms with Gasteiger partial charge in [0.15, 0.2) is 0 Å². The summed E-state index contributed by atoms with van der Waals surface area (Å²) in [5.74, 6) is 0.943. The first-order chi connectivity index (χ1) is 7.43. The summed E-state index contributed by atoms with van der Waals surface area (Å²) < 4.78 is 0. The van der Waals surface area contributed by atoms with Gasteiger partial charge in [0, 0.05) is 6.04 Å². The Morgan fingerprint density at radius 1 is 1.25 bits per heavy atom. The van der Waals surface area contributed by atoms with E-state index < -0.39 is 0 Å². The van der Waals surface area contributed by atoms with Crippen molar-refractivity contribution in [2.24, 2.45) is 11.3 Å². The highest BCUT2D eigenvalue weighted by atomic mass is 15.1. The molecule has 0 saturated carbocycles. The molecular formula is C14H30N2. The number of piperidine rings is 1. The van der Waals surface area contributed by atoms with Gasteiger partial charge in [-0.1, -0.05) is 27.7 Å². The molecule has 1 saturated heterocycles. The van der Waals surface area contributed by atoms with E-state index in [0.29, 0.717) is 11.5 Å². The predicted octanol–water partition coefficient (Wildman–Crippen LogP) is 2.74. The van der Waals surface area contributed by atoms with Gasteiger partial charge in [0.05, 0.1) is 0 Å². The molecule has 1 N–H and O–H groups in total. The summed E-state index contributed by atoms with van der Waals surface area (Å²) in [6.45, 7) is 13.2. The van der Waals surface area contributed by atoms with Gasteiger partial charge < -0.3 is 10.2 Å². The van der Waals surface area contributed by atoms with Crippen LogP contribution in [0.1, 0.15) is 47.0 Å². The quantitative estimate of drug-likeness (QED) is 0.793. The number of hydrogen-bond acceptors (Lipinski definition) is 2. The van der Waals surface area contributed by atoms with E-state index in [1.54, 1.807) is 0 Å². The van der Waals surface area contributed by atoms with Crippen molar-refractivity contribution in [3.05, 3.63) is 0 Å². The topological polar surface area (TPSA) is 15.3 Å². The second-order valence-electron chi connectivity index (χ2n) is 6.52. The fourth-order valence-electron chi connectivity index (χ4n) is 2.61. The summed E-state index contributed by atoms with van der Waals surface area (Å²) in [7, 11) is 2.09. The highest BCUT2D eigenvalue weighted by molar-refractivity contribution is 4.81. The molecule has 0 spiro atoms. The average molecular weight is 226 g/mol. The number of nitrogens with zero attached hydrogens (tertiary/aromatic N) is 1. The molecule has 1 fully saturated rings. The van der Waals surface area contributed by atoms with Crippen molar-refractivity contribution < 1.29 is 0 Å². The van der Waals surface area contributed by atoms with E-state index in [1.807, 2.05) is 0 Å². The second kappa shape index (κ2) is 6.02. The van der Waals surface area contributed by atoms with Crippen LogP contribution in [0.25, 0.3) is 0 Å². The molecule has 0 aliphatic carbocycles. The van der Waals surface area contributed by atoms with Gasteiger partial charge in [-0.2, -0.15) is 0 Å². The first kappa shape index (κ1) is 14.0. The molecule has 2 nitrogen and oxygen atoms in total. The molecule has 16 heavy (non-hydrogen) atoms. The third kappa shape index (κ3) is 4.42. The molecule has 96 valence electrons. The molecule has 1 heterocycles. The van der Waals surface area contributed by atoms with Gasteiger partial charge >= 0.3 is 0 Å². The number of nitrogens with one attached hydrogen (secondary N) is 1.